The molecule has 0 amide bonds. The van der Waals surface area contributed by atoms with Crippen molar-refractivity contribution in [3.8, 4) is 0 Å². The lowest BCUT2D eigenvalue weighted by Gasteiger charge is -2.28. The van der Waals surface area contributed by atoms with E-state index >= 15 is 0 Å². The highest BCUT2D eigenvalue weighted by Gasteiger charge is 2.37. The number of nitrogens with two attached hydrogens (primary N) is 1. The van der Waals surface area contributed by atoms with Crippen molar-refractivity contribution in [3.63, 3.8) is 0 Å². The monoisotopic (exact) mass is 231 g/mol. The van der Waals surface area contributed by atoms with Crippen molar-refractivity contribution in [2.75, 3.05) is 0 Å². The lowest BCUT2D eigenvalue weighted by Crippen LogP contribution is -2.42. The van der Waals surface area contributed by atoms with Crippen LogP contribution in [0.1, 0.15) is 39.0 Å². The van der Waals surface area contributed by atoms with Crippen LogP contribution in [0.4, 0.5) is 5.69 Å². The molecule has 0 spiro atoms. The van der Waals surface area contributed by atoms with E-state index in [9.17, 15) is 0 Å². The molecule has 1 fully saturated rings. The zero-order chi connectivity index (χ0) is 12.1. The molecule has 1 aromatic rings. The Morgan fingerprint density at radius 1 is 1.29 bits per heavy atom. The summed E-state index contributed by atoms with van der Waals surface area (Å²) in [5.41, 5.74) is 3.98. The Hall–Kier alpha value is -1.35. The van der Waals surface area contributed by atoms with Gasteiger partial charge in [0.1, 0.15) is 5.84 Å². The van der Waals surface area contributed by atoms with Crippen LogP contribution in [0.5, 0.6) is 0 Å². The van der Waals surface area contributed by atoms with Gasteiger partial charge in [0.15, 0.2) is 0 Å². The number of benzene rings is 1. The van der Waals surface area contributed by atoms with Crippen LogP contribution in [-0.2, 0) is 0 Å². The third-order valence-corrected chi connectivity index (χ3v) is 3.87. The van der Waals surface area contributed by atoms with Gasteiger partial charge in [0.2, 0.25) is 0 Å². The Bertz CT molecular complexity index is 378. The second-order valence-corrected chi connectivity index (χ2v) is 4.78. The van der Waals surface area contributed by atoms with Gasteiger partial charge in [0.05, 0.1) is 5.69 Å². The molecule has 0 saturated heterocycles. The van der Waals surface area contributed by atoms with E-state index in [4.69, 9.17) is 5.84 Å². The number of amidine groups is 1. The molecule has 0 aliphatic heterocycles. The van der Waals surface area contributed by atoms with Gasteiger partial charge >= 0.3 is 0 Å². The Labute approximate surface area is 103 Å². The Kier molecular flexibility index (Phi) is 3.79. The average Bonchev–Trinajstić information content (AvgIpc) is 2.87. The fraction of sp³-hybridized carbons (Fsp3) is 0.500. The lowest BCUT2D eigenvalue weighted by molar-refractivity contribution is 0.406. The molecule has 0 unspecified atom stereocenters. The first-order chi connectivity index (χ1) is 8.30. The SMILES string of the molecule is CCC1(C(=Nc2ccccc2)NN)CCCC1. The Balaban J connectivity index is 2.29. The molecule has 2 rings (SSSR count). The highest BCUT2D eigenvalue weighted by Crippen LogP contribution is 2.42. The molecule has 1 aromatic carbocycles. The van der Waals surface area contributed by atoms with Crippen molar-refractivity contribution in [2.24, 2.45) is 16.3 Å². The topological polar surface area (TPSA) is 50.4 Å². The molecule has 0 atom stereocenters. The molecular formula is C14H21N3. The number of rotatable bonds is 3. The molecule has 0 aromatic heterocycles. The highest BCUT2D eigenvalue weighted by atomic mass is 15.3. The van der Waals surface area contributed by atoms with E-state index in [1.165, 1.54) is 25.7 Å². The van der Waals surface area contributed by atoms with Gasteiger partial charge in [-0.15, -0.1) is 0 Å². The summed E-state index contributed by atoms with van der Waals surface area (Å²) >= 11 is 0. The number of hydrazine groups is 1. The van der Waals surface area contributed by atoms with Crippen molar-refractivity contribution >= 4 is 11.5 Å². The van der Waals surface area contributed by atoms with Crippen LogP contribution in [0.25, 0.3) is 0 Å². The molecule has 1 saturated carbocycles. The molecular weight excluding hydrogens is 210 g/mol. The van der Waals surface area contributed by atoms with Gasteiger partial charge in [-0.2, -0.15) is 0 Å². The molecule has 92 valence electrons. The molecule has 3 nitrogen and oxygen atoms in total. The summed E-state index contributed by atoms with van der Waals surface area (Å²) in [6, 6.07) is 10.0. The average molecular weight is 231 g/mol. The third kappa shape index (κ3) is 2.50. The number of nitrogens with zero attached hydrogens (tertiary/aromatic N) is 1. The predicted molar refractivity (Wildman–Crippen MR) is 72.1 cm³/mol. The maximum Gasteiger partial charge on any atom is 0.122 e. The number of aliphatic imine (C=N–C) groups is 1. The first-order valence-corrected chi connectivity index (χ1v) is 6.41. The Morgan fingerprint density at radius 3 is 2.47 bits per heavy atom. The summed E-state index contributed by atoms with van der Waals surface area (Å²) in [5.74, 6) is 6.63. The zero-order valence-electron chi connectivity index (χ0n) is 10.4. The fourth-order valence-electron chi connectivity index (χ4n) is 2.75. The van der Waals surface area contributed by atoms with Gasteiger partial charge in [0, 0.05) is 5.41 Å². The normalized spacial score (nSPS) is 19.3. The summed E-state index contributed by atoms with van der Waals surface area (Å²) in [6.07, 6.45) is 6.05. The molecule has 0 bridgehead atoms. The van der Waals surface area contributed by atoms with Crippen molar-refractivity contribution in [1.82, 2.24) is 5.43 Å². The van der Waals surface area contributed by atoms with Crippen molar-refractivity contribution in [1.29, 1.82) is 0 Å². The third-order valence-electron chi connectivity index (χ3n) is 3.87. The number of hydrogen-bond acceptors (Lipinski definition) is 2. The quantitative estimate of drug-likeness (QED) is 0.363. The van der Waals surface area contributed by atoms with E-state index < -0.39 is 0 Å². The second kappa shape index (κ2) is 5.32. The van der Waals surface area contributed by atoms with Gasteiger partial charge in [-0.3, -0.25) is 0 Å². The lowest BCUT2D eigenvalue weighted by atomic mass is 9.82. The number of para-hydroxylation sites is 1. The number of nitrogens with one attached hydrogen (secondary N) is 1. The van der Waals surface area contributed by atoms with E-state index in [1.807, 2.05) is 30.3 Å². The minimum atomic E-state index is 0.171. The summed E-state index contributed by atoms with van der Waals surface area (Å²) in [6.45, 7) is 2.23. The van der Waals surface area contributed by atoms with Gasteiger partial charge in [-0.25, -0.2) is 10.8 Å². The first kappa shape index (κ1) is 12.1. The minimum absolute atomic E-state index is 0.171. The maximum atomic E-state index is 5.68. The Morgan fingerprint density at radius 2 is 1.94 bits per heavy atom. The van der Waals surface area contributed by atoms with Gasteiger partial charge in [-0.05, 0) is 31.4 Å². The fourth-order valence-corrected chi connectivity index (χ4v) is 2.75. The van der Waals surface area contributed by atoms with Crippen LogP contribution in [0.3, 0.4) is 0 Å². The molecule has 0 heterocycles. The zero-order valence-corrected chi connectivity index (χ0v) is 10.4. The summed E-state index contributed by atoms with van der Waals surface area (Å²) < 4.78 is 0. The van der Waals surface area contributed by atoms with Crippen molar-refractivity contribution in [3.05, 3.63) is 30.3 Å². The molecule has 17 heavy (non-hydrogen) atoms. The van der Waals surface area contributed by atoms with Crippen LogP contribution in [0.2, 0.25) is 0 Å². The van der Waals surface area contributed by atoms with Crippen LogP contribution in [0.15, 0.2) is 35.3 Å². The first-order valence-electron chi connectivity index (χ1n) is 6.41. The summed E-state index contributed by atoms with van der Waals surface area (Å²) in [5, 5.41) is 0. The van der Waals surface area contributed by atoms with E-state index in [0.717, 1.165) is 17.9 Å². The molecule has 3 N–H and O–H groups in total. The smallest absolute Gasteiger partial charge is 0.122 e. The van der Waals surface area contributed by atoms with E-state index in [1.54, 1.807) is 0 Å². The molecule has 1 aliphatic rings. The summed E-state index contributed by atoms with van der Waals surface area (Å²) in [7, 11) is 0. The molecule has 0 radical (unpaired) electrons. The van der Waals surface area contributed by atoms with Gasteiger partial charge in [-0.1, -0.05) is 38.0 Å². The summed E-state index contributed by atoms with van der Waals surface area (Å²) in [4.78, 5) is 4.68. The van der Waals surface area contributed by atoms with Crippen LogP contribution in [-0.4, -0.2) is 5.84 Å². The largest absolute Gasteiger partial charge is 0.312 e. The molecule has 1 aliphatic carbocycles. The number of hydrogen-bond donors (Lipinski definition) is 2. The van der Waals surface area contributed by atoms with E-state index in [0.29, 0.717) is 0 Å². The van der Waals surface area contributed by atoms with Crippen LogP contribution >= 0.6 is 0 Å². The molecule has 3 heteroatoms. The standard InChI is InChI=1S/C14H21N3/c1-2-14(10-6-7-11-14)13(17-15)16-12-8-4-3-5-9-12/h3-5,8-9H,2,6-7,10-11,15H2,1H3,(H,16,17). The second-order valence-electron chi connectivity index (χ2n) is 4.78. The van der Waals surface area contributed by atoms with Crippen LogP contribution in [0, 0.1) is 5.41 Å². The van der Waals surface area contributed by atoms with Gasteiger partial charge in [0.25, 0.3) is 0 Å². The van der Waals surface area contributed by atoms with Crippen LogP contribution < -0.4 is 11.3 Å². The van der Waals surface area contributed by atoms with E-state index in [-0.39, 0.29) is 5.41 Å². The van der Waals surface area contributed by atoms with Crippen molar-refractivity contribution < 1.29 is 0 Å². The minimum Gasteiger partial charge on any atom is -0.312 e. The predicted octanol–water partition coefficient (Wildman–Crippen LogP) is 3.15. The highest BCUT2D eigenvalue weighted by molar-refractivity contribution is 5.90. The maximum absolute atomic E-state index is 5.68. The van der Waals surface area contributed by atoms with E-state index in [2.05, 4.69) is 17.3 Å². The van der Waals surface area contributed by atoms with Crippen molar-refractivity contribution in [2.45, 2.75) is 39.0 Å². The van der Waals surface area contributed by atoms with Gasteiger partial charge < -0.3 is 5.43 Å².